The number of hydrogen-bond acceptors (Lipinski definition) is 4. The fourth-order valence-corrected chi connectivity index (χ4v) is 2.29. The van der Waals surface area contributed by atoms with Gasteiger partial charge in [0.2, 0.25) is 0 Å². The number of hydrogen-bond donors (Lipinski definition) is 2. The first-order valence-electron chi connectivity index (χ1n) is 6.34. The molecule has 1 aromatic carbocycles. The zero-order valence-electron chi connectivity index (χ0n) is 11.2. The van der Waals surface area contributed by atoms with Crippen LogP contribution in [0.2, 0.25) is 0 Å². The Bertz CT molecular complexity index is 812. The van der Waals surface area contributed by atoms with Crippen LogP contribution in [0.5, 0.6) is 0 Å². The summed E-state index contributed by atoms with van der Waals surface area (Å²) in [4.78, 5) is 16.2. The summed E-state index contributed by atoms with van der Waals surface area (Å²) >= 11 is 8.38. The van der Waals surface area contributed by atoms with Crippen molar-refractivity contribution in [3.05, 3.63) is 58.9 Å². The predicted molar refractivity (Wildman–Crippen MR) is 91.8 cm³/mol. The fraction of sp³-hybridized carbons (Fsp3) is 0. The minimum absolute atomic E-state index is 0.153. The van der Waals surface area contributed by atoms with Crippen LogP contribution in [-0.2, 0) is 0 Å². The third-order valence-electron chi connectivity index (χ3n) is 2.85. The number of nitrogens with zero attached hydrogens (tertiary/aromatic N) is 1. The summed E-state index contributed by atoms with van der Waals surface area (Å²) in [6, 6.07) is 12.6. The molecule has 3 rings (SSSR count). The van der Waals surface area contributed by atoms with Gasteiger partial charge in [0.05, 0.1) is 0 Å². The highest BCUT2D eigenvalue weighted by Gasteiger charge is 2.13. The number of nitrogens with one attached hydrogen (secondary N) is 2. The third kappa shape index (κ3) is 3.32. The molecule has 3 aromatic rings. The Morgan fingerprint density at radius 3 is 2.77 bits per heavy atom. The summed E-state index contributed by atoms with van der Waals surface area (Å²) < 4.78 is 6.33. The molecular weight excluding hydrogens is 366 g/mol. The van der Waals surface area contributed by atoms with E-state index < -0.39 is 5.91 Å². The number of rotatable bonds is 2. The number of aromatic nitrogens is 1. The zero-order chi connectivity index (χ0) is 15.5. The van der Waals surface area contributed by atoms with E-state index in [1.807, 2.05) is 24.3 Å². The molecule has 1 amide bonds. The van der Waals surface area contributed by atoms with E-state index in [1.165, 1.54) is 0 Å². The molecule has 0 fully saturated rings. The molecule has 5 nitrogen and oxygen atoms in total. The van der Waals surface area contributed by atoms with Gasteiger partial charge in [-0.3, -0.25) is 10.1 Å². The lowest BCUT2D eigenvalue weighted by Gasteiger charge is -2.07. The van der Waals surface area contributed by atoms with E-state index in [0.29, 0.717) is 11.4 Å². The molecule has 0 unspecified atom stereocenters. The second kappa shape index (κ2) is 6.25. The number of furan rings is 1. The molecule has 7 heteroatoms. The number of amides is 1. The Hall–Kier alpha value is -2.25. The van der Waals surface area contributed by atoms with Crippen molar-refractivity contribution in [3.8, 4) is 0 Å². The standard InChI is InChI=1S/C15H10BrN3O2S/c16-10-5-6-13(17-8-10)18-15(22)19-14(20)12-7-9-3-1-2-4-11(9)21-12/h1-8H,(H2,17,18,19,20,22). The number of para-hydroxylation sites is 1. The van der Waals surface area contributed by atoms with Crippen LogP contribution in [0.4, 0.5) is 5.82 Å². The van der Waals surface area contributed by atoms with Gasteiger partial charge in [0, 0.05) is 16.1 Å². The van der Waals surface area contributed by atoms with E-state index in [1.54, 1.807) is 24.4 Å². The van der Waals surface area contributed by atoms with Crippen molar-refractivity contribution in [2.24, 2.45) is 0 Å². The van der Waals surface area contributed by atoms with Crippen molar-refractivity contribution in [3.63, 3.8) is 0 Å². The van der Waals surface area contributed by atoms with E-state index >= 15 is 0 Å². The molecule has 0 atom stereocenters. The number of carbonyl (C=O) groups is 1. The molecule has 2 N–H and O–H groups in total. The van der Waals surface area contributed by atoms with Gasteiger partial charge in [0.15, 0.2) is 10.9 Å². The molecule has 0 radical (unpaired) electrons. The Labute approximate surface area is 139 Å². The molecule has 0 aliphatic heterocycles. The van der Waals surface area contributed by atoms with E-state index in [0.717, 1.165) is 9.86 Å². The average molecular weight is 376 g/mol. The van der Waals surface area contributed by atoms with E-state index in [-0.39, 0.29) is 10.9 Å². The van der Waals surface area contributed by atoms with Crippen LogP contribution in [0.25, 0.3) is 11.0 Å². The third-order valence-corrected chi connectivity index (χ3v) is 3.52. The van der Waals surface area contributed by atoms with Crippen LogP contribution in [0, 0.1) is 0 Å². The van der Waals surface area contributed by atoms with Crippen molar-refractivity contribution in [2.75, 3.05) is 5.32 Å². The number of benzene rings is 1. The van der Waals surface area contributed by atoms with Gasteiger partial charge < -0.3 is 9.73 Å². The van der Waals surface area contributed by atoms with Gasteiger partial charge in [-0.2, -0.15) is 0 Å². The molecule has 0 aliphatic carbocycles. The molecule has 2 heterocycles. The van der Waals surface area contributed by atoms with Crippen molar-refractivity contribution < 1.29 is 9.21 Å². The first-order valence-corrected chi connectivity index (χ1v) is 7.54. The summed E-state index contributed by atoms with van der Waals surface area (Å²) in [7, 11) is 0. The molecule has 2 aromatic heterocycles. The van der Waals surface area contributed by atoms with Crippen molar-refractivity contribution in [1.29, 1.82) is 0 Å². The van der Waals surface area contributed by atoms with Crippen molar-refractivity contribution >= 4 is 56.0 Å². The minimum Gasteiger partial charge on any atom is -0.451 e. The molecule has 0 aliphatic rings. The smallest absolute Gasteiger partial charge is 0.293 e. The van der Waals surface area contributed by atoms with Gasteiger partial charge in [-0.05, 0) is 52.4 Å². The summed E-state index contributed by atoms with van der Waals surface area (Å²) in [6.07, 6.45) is 1.63. The highest BCUT2D eigenvalue weighted by atomic mass is 79.9. The average Bonchev–Trinajstić information content (AvgIpc) is 2.93. The fourth-order valence-electron chi connectivity index (χ4n) is 1.86. The first-order chi connectivity index (χ1) is 10.6. The number of anilines is 1. The number of carbonyl (C=O) groups excluding carboxylic acids is 1. The maximum absolute atomic E-state index is 12.1. The van der Waals surface area contributed by atoms with Gasteiger partial charge in [-0.1, -0.05) is 18.2 Å². The second-order valence-electron chi connectivity index (χ2n) is 4.42. The summed E-state index contributed by atoms with van der Waals surface area (Å²) in [5.74, 6) is 0.332. The molecule has 0 bridgehead atoms. The van der Waals surface area contributed by atoms with Crippen LogP contribution in [-0.4, -0.2) is 16.0 Å². The van der Waals surface area contributed by atoms with Gasteiger partial charge in [-0.25, -0.2) is 4.98 Å². The maximum Gasteiger partial charge on any atom is 0.293 e. The summed E-state index contributed by atoms with van der Waals surface area (Å²) in [5.41, 5.74) is 0.654. The highest BCUT2D eigenvalue weighted by molar-refractivity contribution is 9.10. The topological polar surface area (TPSA) is 67.2 Å². The van der Waals surface area contributed by atoms with E-state index in [2.05, 4.69) is 31.5 Å². The molecule has 22 heavy (non-hydrogen) atoms. The van der Waals surface area contributed by atoms with Gasteiger partial charge in [0.25, 0.3) is 5.91 Å². The lowest BCUT2D eigenvalue weighted by Crippen LogP contribution is -2.34. The Balaban J connectivity index is 1.68. The molecule has 0 spiro atoms. The van der Waals surface area contributed by atoms with Crippen molar-refractivity contribution in [2.45, 2.75) is 0 Å². The second-order valence-corrected chi connectivity index (χ2v) is 5.74. The number of fused-ring (bicyclic) bond motifs is 1. The monoisotopic (exact) mass is 375 g/mol. The van der Waals surface area contributed by atoms with Gasteiger partial charge in [-0.15, -0.1) is 0 Å². The van der Waals surface area contributed by atoms with E-state index in [4.69, 9.17) is 16.6 Å². The van der Waals surface area contributed by atoms with Crippen LogP contribution >= 0.6 is 28.1 Å². The van der Waals surface area contributed by atoms with Crippen molar-refractivity contribution in [1.82, 2.24) is 10.3 Å². The number of halogens is 1. The Morgan fingerprint density at radius 2 is 2.05 bits per heavy atom. The normalized spacial score (nSPS) is 10.4. The van der Waals surface area contributed by atoms with Gasteiger partial charge >= 0.3 is 0 Å². The molecule has 0 saturated carbocycles. The largest absolute Gasteiger partial charge is 0.451 e. The zero-order valence-corrected chi connectivity index (χ0v) is 13.6. The molecular formula is C15H10BrN3O2S. The lowest BCUT2D eigenvalue weighted by atomic mass is 10.2. The Morgan fingerprint density at radius 1 is 1.23 bits per heavy atom. The van der Waals surface area contributed by atoms with Gasteiger partial charge in [0.1, 0.15) is 11.4 Å². The SMILES string of the molecule is O=C(NC(=S)Nc1ccc(Br)cn1)c1cc2ccccc2o1. The predicted octanol–water partition coefficient (Wildman–Crippen LogP) is 3.72. The Kier molecular flexibility index (Phi) is 4.17. The summed E-state index contributed by atoms with van der Waals surface area (Å²) in [6.45, 7) is 0. The lowest BCUT2D eigenvalue weighted by molar-refractivity contribution is 0.0953. The minimum atomic E-state index is -0.411. The van der Waals surface area contributed by atoms with Crippen LogP contribution in [0.1, 0.15) is 10.6 Å². The van der Waals surface area contributed by atoms with E-state index in [9.17, 15) is 4.79 Å². The quantitative estimate of drug-likeness (QED) is 0.668. The first kappa shape index (κ1) is 14.7. The van der Waals surface area contributed by atoms with Crippen LogP contribution in [0.3, 0.4) is 0 Å². The number of thiocarbonyl (C=S) groups is 1. The summed E-state index contributed by atoms with van der Waals surface area (Å²) in [5, 5.41) is 6.40. The maximum atomic E-state index is 12.1. The van der Waals surface area contributed by atoms with Crippen LogP contribution < -0.4 is 10.6 Å². The molecule has 0 saturated heterocycles. The molecule has 110 valence electrons. The van der Waals surface area contributed by atoms with Crippen LogP contribution in [0.15, 0.2) is 57.6 Å². The number of pyridine rings is 1. The highest BCUT2D eigenvalue weighted by Crippen LogP contribution is 2.18.